The van der Waals surface area contributed by atoms with Crippen molar-refractivity contribution in [1.82, 2.24) is 9.97 Å². The molecule has 5 nitrogen and oxygen atoms in total. The number of hydrogen-bond acceptors (Lipinski definition) is 4. The first kappa shape index (κ1) is 15.4. The molecular formula is C15H18N2O3S. The monoisotopic (exact) mass is 306 g/mol. The number of hydrogen-bond donors (Lipinski definition) is 1. The fourth-order valence-electron chi connectivity index (χ4n) is 2.00. The molecule has 0 aliphatic heterocycles. The van der Waals surface area contributed by atoms with Crippen molar-refractivity contribution in [2.24, 2.45) is 5.92 Å². The van der Waals surface area contributed by atoms with Crippen LogP contribution in [0, 0.1) is 12.8 Å². The highest BCUT2D eigenvalue weighted by atomic mass is 32.2. The molecule has 2 rings (SSSR count). The van der Waals surface area contributed by atoms with Gasteiger partial charge in [0.2, 0.25) is 0 Å². The van der Waals surface area contributed by atoms with Gasteiger partial charge in [0, 0.05) is 18.3 Å². The van der Waals surface area contributed by atoms with Crippen LogP contribution in [0.25, 0.3) is 0 Å². The molecule has 1 unspecified atom stereocenters. The van der Waals surface area contributed by atoms with Crippen LogP contribution in [0.2, 0.25) is 0 Å². The first-order valence-electron chi connectivity index (χ1n) is 6.69. The summed E-state index contributed by atoms with van der Waals surface area (Å²) in [5.41, 5.74) is 0.996. The van der Waals surface area contributed by atoms with Crippen molar-refractivity contribution in [3.8, 4) is 0 Å². The second kappa shape index (κ2) is 6.22. The van der Waals surface area contributed by atoms with Crippen LogP contribution in [0.5, 0.6) is 0 Å². The average Bonchev–Trinajstić information content (AvgIpc) is 2.91. The van der Waals surface area contributed by atoms with E-state index in [0.29, 0.717) is 5.82 Å². The number of nitrogens with zero attached hydrogens (tertiary/aromatic N) is 1. The summed E-state index contributed by atoms with van der Waals surface area (Å²) < 4.78 is 24.6. The van der Waals surface area contributed by atoms with Crippen molar-refractivity contribution in [3.63, 3.8) is 0 Å². The van der Waals surface area contributed by atoms with E-state index in [4.69, 9.17) is 0 Å². The molecule has 112 valence electrons. The Bertz CT molecular complexity index is 704. The highest BCUT2D eigenvalue weighted by Gasteiger charge is 2.23. The van der Waals surface area contributed by atoms with Crippen LogP contribution in [0.3, 0.4) is 0 Å². The summed E-state index contributed by atoms with van der Waals surface area (Å²) in [6, 6.07) is 6.66. The molecule has 0 amide bonds. The molecule has 0 bridgehead atoms. The molecule has 0 saturated heterocycles. The van der Waals surface area contributed by atoms with Crippen molar-refractivity contribution in [2.75, 3.05) is 5.75 Å². The van der Waals surface area contributed by atoms with Crippen molar-refractivity contribution < 1.29 is 13.2 Å². The van der Waals surface area contributed by atoms with Gasteiger partial charge in [-0.15, -0.1) is 0 Å². The molecule has 1 N–H and O–H groups in total. The molecule has 2 aromatic rings. The van der Waals surface area contributed by atoms with Gasteiger partial charge < -0.3 is 4.98 Å². The standard InChI is InChI=1S/C15H18N2O3S/c1-11-3-5-13(6-4-11)21(19,20)10-12(2)14(18)9-15-16-7-8-17-15/h3-8,12H,9-10H2,1-2H3,(H,16,17). The highest BCUT2D eigenvalue weighted by molar-refractivity contribution is 7.91. The van der Waals surface area contributed by atoms with E-state index in [0.717, 1.165) is 5.56 Å². The highest BCUT2D eigenvalue weighted by Crippen LogP contribution is 2.16. The molecule has 0 aliphatic carbocycles. The summed E-state index contributed by atoms with van der Waals surface area (Å²) in [7, 11) is -3.45. The molecule has 6 heteroatoms. The fraction of sp³-hybridized carbons (Fsp3) is 0.333. The third-order valence-electron chi connectivity index (χ3n) is 3.30. The van der Waals surface area contributed by atoms with Gasteiger partial charge in [0.05, 0.1) is 17.1 Å². The number of sulfone groups is 1. The molecule has 1 heterocycles. The second-order valence-corrected chi connectivity index (χ2v) is 7.21. The molecule has 0 radical (unpaired) electrons. The van der Waals surface area contributed by atoms with Crippen LogP contribution in [0.4, 0.5) is 0 Å². The number of Topliss-reactive ketones (excluding diaryl/α,β-unsaturated/α-hetero) is 1. The number of nitrogens with one attached hydrogen (secondary N) is 1. The zero-order chi connectivity index (χ0) is 15.5. The van der Waals surface area contributed by atoms with Crippen molar-refractivity contribution in [1.29, 1.82) is 0 Å². The van der Waals surface area contributed by atoms with E-state index < -0.39 is 15.8 Å². The smallest absolute Gasteiger partial charge is 0.179 e. The number of benzene rings is 1. The maximum atomic E-state index is 12.3. The van der Waals surface area contributed by atoms with Crippen molar-refractivity contribution >= 4 is 15.6 Å². The molecule has 0 fully saturated rings. The van der Waals surface area contributed by atoms with Gasteiger partial charge in [-0.05, 0) is 19.1 Å². The Morgan fingerprint density at radius 2 is 1.95 bits per heavy atom. The Balaban J connectivity index is 2.05. The van der Waals surface area contributed by atoms with E-state index in [1.807, 2.05) is 6.92 Å². The third kappa shape index (κ3) is 4.01. The minimum Gasteiger partial charge on any atom is -0.348 e. The normalized spacial score (nSPS) is 13.0. The molecule has 21 heavy (non-hydrogen) atoms. The van der Waals surface area contributed by atoms with Gasteiger partial charge >= 0.3 is 0 Å². The summed E-state index contributed by atoms with van der Waals surface area (Å²) in [5, 5.41) is 0. The van der Waals surface area contributed by atoms with Gasteiger partial charge in [0.1, 0.15) is 11.6 Å². The number of aromatic amines is 1. The van der Waals surface area contributed by atoms with Gasteiger partial charge in [-0.2, -0.15) is 0 Å². The Morgan fingerprint density at radius 1 is 1.29 bits per heavy atom. The van der Waals surface area contributed by atoms with Crippen molar-refractivity contribution in [3.05, 3.63) is 48.0 Å². The van der Waals surface area contributed by atoms with Gasteiger partial charge in [-0.3, -0.25) is 4.79 Å². The third-order valence-corrected chi connectivity index (χ3v) is 5.22. The lowest BCUT2D eigenvalue weighted by atomic mass is 10.1. The number of rotatable bonds is 6. The van der Waals surface area contributed by atoms with Crippen LogP contribution in [0.15, 0.2) is 41.6 Å². The number of aryl methyl sites for hydroxylation is 1. The number of H-pyrrole nitrogens is 1. The lowest BCUT2D eigenvalue weighted by Crippen LogP contribution is -2.23. The average molecular weight is 306 g/mol. The fourth-order valence-corrected chi connectivity index (χ4v) is 3.59. The summed E-state index contributed by atoms with van der Waals surface area (Å²) in [4.78, 5) is 19.1. The van der Waals surface area contributed by atoms with Gasteiger partial charge in [0.25, 0.3) is 0 Å². The Labute approximate surface area is 124 Å². The van der Waals surface area contributed by atoms with Crippen LogP contribution in [0.1, 0.15) is 18.3 Å². The van der Waals surface area contributed by atoms with E-state index in [9.17, 15) is 13.2 Å². The Kier molecular flexibility index (Phi) is 4.57. The number of imidazole rings is 1. The van der Waals surface area contributed by atoms with Crippen LogP contribution in [-0.4, -0.2) is 29.9 Å². The first-order chi connectivity index (χ1) is 9.88. The minimum absolute atomic E-state index is 0.123. The quantitative estimate of drug-likeness (QED) is 0.884. The van der Waals surface area contributed by atoms with Gasteiger partial charge in [-0.25, -0.2) is 13.4 Å². The maximum Gasteiger partial charge on any atom is 0.179 e. The number of carbonyl (C=O) groups is 1. The largest absolute Gasteiger partial charge is 0.348 e. The molecule has 0 saturated carbocycles. The summed E-state index contributed by atoms with van der Waals surface area (Å²) in [5.74, 6) is -0.336. The SMILES string of the molecule is Cc1ccc(S(=O)(=O)CC(C)C(=O)Cc2ncc[nH]2)cc1. The molecule has 1 aromatic carbocycles. The van der Waals surface area contributed by atoms with Gasteiger partial charge in [0.15, 0.2) is 9.84 Å². The summed E-state index contributed by atoms with van der Waals surface area (Å²) in [6.07, 6.45) is 3.32. The van der Waals surface area contributed by atoms with E-state index in [1.165, 1.54) is 0 Å². The lowest BCUT2D eigenvalue weighted by Gasteiger charge is -2.11. The second-order valence-electron chi connectivity index (χ2n) is 5.17. The molecule has 1 aromatic heterocycles. The van der Waals surface area contributed by atoms with Crippen LogP contribution >= 0.6 is 0 Å². The molecule has 1 atom stereocenters. The predicted octanol–water partition coefficient (Wildman–Crippen LogP) is 1.94. The van der Waals surface area contributed by atoms with E-state index in [2.05, 4.69) is 9.97 Å². The Morgan fingerprint density at radius 3 is 2.52 bits per heavy atom. The van der Waals surface area contributed by atoms with E-state index >= 15 is 0 Å². The van der Waals surface area contributed by atoms with Crippen LogP contribution < -0.4 is 0 Å². The zero-order valence-corrected chi connectivity index (χ0v) is 12.9. The molecule has 0 spiro atoms. The number of ketones is 1. The van der Waals surface area contributed by atoms with Gasteiger partial charge in [-0.1, -0.05) is 24.6 Å². The van der Waals surface area contributed by atoms with Crippen LogP contribution in [-0.2, 0) is 21.1 Å². The maximum absolute atomic E-state index is 12.3. The van der Waals surface area contributed by atoms with E-state index in [-0.39, 0.29) is 22.9 Å². The molecular weight excluding hydrogens is 288 g/mol. The predicted molar refractivity (Wildman–Crippen MR) is 79.7 cm³/mol. The topological polar surface area (TPSA) is 79.9 Å². The summed E-state index contributed by atoms with van der Waals surface area (Å²) in [6.45, 7) is 3.53. The summed E-state index contributed by atoms with van der Waals surface area (Å²) >= 11 is 0. The first-order valence-corrected chi connectivity index (χ1v) is 8.34. The lowest BCUT2D eigenvalue weighted by molar-refractivity contribution is -0.121. The molecule has 0 aliphatic rings. The zero-order valence-electron chi connectivity index (χ0n) is 12.0. The number of carbonyl (C=O) groups excluding carboxylic acids is 1. The van der Waals surface area contributed by atoms with Crippen molar-refractivity contribution in [2.45, 2.75) is 25.2 Å². The minimum atomic E-state index is -3.45. The van der Waals surface area contributed by atoms with E-state index in [1.54, 1.807) is 43.6 Å². The number of aromatic nitrogens is 2. The Hall–Kier alpha value is -1.95.